The highest BCUT2D eigenvalue weighted by Gasteiger charge is 2.36. The summed E-state index contributed by atoms with van der Waals surface area (Å²) < 4.78 is 0. The number of hydrogen-bond donors (Lipinski definition) is 2. The van der Waals surface area contributed by atoms with Crippen LogP contribution in [0.5, 0.6) is 0 Å². The molecule has 1 saturated carbocycles. The number of H-pyrrole nitrogens is 1. The highest BCUT2D eigenvalue weighted by molar-refractivity contribution is 5.94. The van der Waals surface area contributed by atoms with Gasteiger partial charge in [0.15, 0.2) is 5.69 Å². The van der Waals surface area contributed by atoms with Crippen molar-refractivity contribution in [2.45, 2.75) is 25.8 Å². The van der Waals surface area contributed by atoms with E-state index in [1.54, 1.807) is 6.08 Å². The van der Waals surface area contributed by atoms with Crippen LogP contribution < -0.4 is 5.32 Å². The molecule has 3 rings (SSSR count). The van der Waals surface area contributed by atoms with Crippen molar-refractivity contribution in [2.75, 3.05) is 13.1 Å². The minimum absolute atomic E-state index is 0.210. The fourth-order valence-corrected chi connectivity index (χ4v) is 2.51. The summed E-state index contributed by atoms with van der Waals surface area (Å²) in [6.07, 6.45) is 4.36. The summed E-state index contributed by atoms with van der Waals surface area (Å²) in [4.78, 5) is 26.0. The van der Waals surface area contributed by atoms with Gasteiger partial charge in [-0.2, -0.15) is 5.10 Å². The summed E-state index contributed by atoms with van der Waals surface area (Å²) in [5.74, 6) is 0.207. The van der Waals surface area contributed by atoms with Crippen LogP contribution in [0.4, 0.5) is 0 Å². The van der Waals surface area contributed by atoms with Gasteiger partial charge in [-0.05, 0) is 12.8 Å². The van der Waals surface area contributed by atoms with E-state index in [1.165, 1.54) is 0 Å². The van der Waals surface area contributed by atoms with E-state index in [4.69, 9.17) is 0 Å². The van der Waals surface area contributed by atoms with E-state index >= 15 is 0 Å². The van der Waals surface area contributed by atoms with E-state index in [9.17, 15) is 9.59 Å². The Hall–Kier alpha value is -2.11. The van der Waals surface area contributed by atoms with Crippen LogP contribution in [-0.4, -0.2) is 40.0 Å². The molecule has 1 fully saturated rings. The second-order valence-electron chi connectivity index (χ2n) is 5.31. The molecule has 0 unspecified atom stereocenters. The van der Waals surface area contributed by atoms with Crippen molar-refractivity contribution >= 4 is 11.8 Å². The first kappa shape index (κ1) is 12.9. The molecule has 0 atom stereocenters. The van der Waals surface area contributed by atoms with Gasteiger partial charge in [0.2, 0.25) is 5.91 Å². The second kappa shape index (κ2) is 5.11. The van der Waals surface area contributed by atoms with Gasteiger partial charge in [0, 0.05) is 43.2 Å². The van der Waals surface area contributed by atoms with Gasteiger partial charge in [-0.25, -0.2) is 0 Å². The zero-order valence-electron chi connectivity index (χ0n) is 11.3. The summed E-state index contributed by atoms with van der Waals surface area (Å²) >= 11 is 0. The molecular weight excluding hydrogens is 256 g/mol. The first-order valence-corrected chi connectivity index (χ1v) is 6.94. The summed E-state index contributed by atoms with van der Waals surface area (Å²) in [5.41, 5.74) is 2.22. The van der Waals surface area contributed by atoms with E-state index in [2.05, 4.69) is 22.1 Å². The van der Waals surface area contributed by atoms with Gasteiger partial charge in [0.05, 0.1) is 0 Å². The Kier molecular flexibility index (Phi) is 3.30. The molecule has 0 aromatic carbocycles. The van der Waals surface area contributed by atoms with Crippen LogP contribution >= 0.6 is 0 Å². The molecule has 6 nitrogen and oxygen atoms in total. The van der Waals surface area contributed by atoms with Crippen molar-refractivity contribution in [2.24, 2.45) is 5.92 Å². The molecule has 1 aromatic rings. The summed E-state index contributed by atoms with van der Waals surface area (Å²) in [6.45, 7) is 5.17. The molecule has 1 aliphatic carbocycles. The third-order valence-electron chi connectivity index (χ3n) is 3.79. The van der Waals surface area contributed by atoms with E-state index < -0.39 is 0 Å². The van der Waals surface area contributed by atoms with Crippen molar-refractivity contribution in [1.29, 1.82) is 0 Å². The smallest absolute Gasteiger partial charge is 0.272 e. The average Bonchev–Trinajstić information content (AvgIpc) is 3.23. The van der Waals surface area contributed by atoms with Gasteiger partial charge in [0.25, 0.3) is 5.91 Å². The molecule has 2 aliphatic rings. The Morgan fingerprint density at radius 3 is 3.00 bits per heavy atom. The number of hydrogen-bond acceptors (Lipinski definition) is 3. The lowest BCUT2D eigenvalue weighted by molar-refractivity contribution is -0.133. The van der Waals surface area contributed by atoms with E-state index in [0.29, 0.717) is 25.3 Å². The monoisotopic (exact) mass is 274 g/mol. The summed E-state index contributed by atoms with van der Waals surface area (Å²) in [5, 5.41) is 9.73. The molecule has 20 heavy (non-hydrogen) atoms. The lowest BCUT2D eigenvalue weighted by Crippen LogP contribution is -2.37. The Morgan fingerprint density at radius 2 is 2.30 bits per heavy atom. The maximum absolute atomic E-state index is 12.1. The van der Waals surface area contributed by atoms with Crippen LogP contribution in [0.3, 0.4) is 0 Å². The van der Waals surface area contributed by atoms with E-state index in [-0.39, 0.29) is 17.7 Å². The molecule has 106 valence electrons. The number of amides is 2. The normalized spacial score (nSPS) is 17.5. The highest BCUT2D eigenvalue weighted by atomic mass is 16.2. The van der Waals surface area contributed by atoms with Gasteiger partial charge in [0.1, 0.15) is 0 Å². The Balaban J connectivity index is 1.76. The number of carbonyl (C=O) groups excluding carboxylic acids is 2. The van der Waals surface area contributed by atoms with Gasteiger partial charge in [-0.1, -0.05) is 6.08 Å². The first-order chi connectivity index (χ1) is 9.70. The third kappa shape index (κ3) is 2.33. The van der Waals surface area contributed by atoms with E-state index in [0.717, 1.165) is 30.5 Å². The van der Waals surface area contributed by atoms with Crippen molar-refractivity contribution in [3.8, 4) is 0 Å². The summed E-state index contributed by atoms with van der Waals surface area (Å²) in [7, 11) is 0. The molecule has 0 spiro atoms. The number of nitrogens with zero attached hydrogens (tertiary/aromatic N) is 2. The van der Waals surface area contributed by atoms with Crippen LogP contribution in [0, 0.1) is 5.92 Å². The van der Waals surface area contributed by atoms with Gasteiger partial charge < -0.3 is 10.2 Å². The average molecular weight is 274 g/mol. The van der Waals surface area contributed by atoms with Crippen LogP contribution in [-0.2, 0) is 17.8 Å². The number of rotatable bonds is 4. The van der Waals surface area contributed by atoms with Gasteiger partial charge in [-0.3, -0.25) is 14.7 Å². The van der Waals surface area contributed by atoms with E-state index in [1.807, 2.05) is 4.90 Å². The maximum Gasteiger partial charge on any atom is 0.272 e. The van der Waals surface area contributed by atoms with Crippen LogP contribution in [0.25, 0.3) is 0 Å². The summed E-state index contributed by atoms with van der Waals surface area (Å²) in [6, 6.07) is 0. The molecule has 0 radical (unpaired) electrons. The molecule has 6 heteroatoms. The molecule has 1 aliphatic heterocycles. The van der Waals surface area contributed by atoms with Crippen LogP contribution in [0.15, 0.2) is 12.7 Å². The lowest BCUT2D eigenvalue weighted by atomic mass is 10.0. The molecule has 2 heterocycles. The Bertz CT molecular complexity index is 560. The predicted molar refractivity (Wildman–Crippen MR) is 73.0 cm³/mol. The molecule has 0 saturated heterocycles. The number of aromatic amines is 1. The number of fused-ring (bicyclic) bond motifs is 1. The topological polar surface area (TPSA) is 78.1 Å². The Morgan fingerprint density at radius 1 is 1.50 bits per heavy atom. The Labute approximate surface area is 117 Å². The lowest BCUT2D eigenvalue weighted by Gasteiger charge is -2.27. The highest BCUT2D eigenvalue weighted by Crippen LogP contribution is 2.33. The quantitative estimate of drug-likeness (QED) is 0.790. The van der Waals surface area contributed by atoms with Crippen molar-refractivity contribution in [1.82, 2.24) is 20.4 Å². The zero-order valence-corrected chi connectivity index (χ0v) is 11.3. The minimum Gasteiger partial charge on any atom is -0.347 e. The first-order valence-electron chi connectivity index (χ1n) is 6.94. The molecule has 2 amide bonds. The van der Waals surface area contributed by atoms with Crippen molar-refractivity contribution < 1.29 is 9.59 Å². The van der Waals surface area contributed by atoms with Crippen LogP contribution in [0.1, 0.15) is 34.6 Å². The fourth-order valence-electron chi connectivity index (χ4n) is 2.51. The number of aromatic nitrogens is 2. The van der Waals surface area contributed by atoms with Crippen molar-refractivity contribution in [3.63, 3.8) is 0 Å². The SMILES string of the molecule is C=CCNC(=O)c1n[nH]c2c1CN(C(=O)C1CC1)CC2. The zero-order chi connectivity index (χ0) is 14.1. The molecule has 1 aromatic heterocycles. The van der Waals surface area contributed by atoms with Crippen LogP contribution in [0.2, 0.25) is 0 Å². The minimum atomic E-state index is -0.219. The van der Waals surface area contributed by atoms with Gasteiger partial charge >= 0.3 is 0 Å². The molecule has 2 N–H and O–H groups in total. The third-order valence-corrected chi connectivity index (χ3v) is 3.79. The fraction of sp³-hybridized carbons (Fsp3) is 0.500. The molecule has 0 bridgehead atoms. The van der Waals surface area contributed by atoms with Gasteiger partial charge in [-0.15, -0.1) is 6.58 Å². The van der Waals surface area contributed by atoms with Crippen molar-refractivity contribution in [3.05, 3.63) is 29.6 Å². The standard InChI is InChI=1S/C14H18N4O2/c1-2-6-15-13(19)12-10-8-18(14(20)9-3-4-9)7-5-11(10)16-17-12/h2,9H,1,3-8H2,(H,15,19)(H,16,17). The number of nitrogens with one attached hydrogen (secondary N) is 2. The molecular formula is C14H18N4O2. The second-order valence-corrected chi connectivity index (χ2v) is 5.31. The maximum atomic E-state index is 12.1. The number of carbonyl (C=O) groups is 2. The predicted octanol–water partition coefficient (Wildman–Crippen LogP) is 0.620. The largest absolute Gasteiger partial charge is 0.347 e.